The third kappa shape index (κ3) is 2.71. The van der Waals surface area contributed by atoms with Gasteiger partial charge in [-0.2, -0.15) is 0 Å². The van der Waals surface area contributed by atoms with Crippen LogP contribution in [0.2, 0.25) is 0 Å². The van der Waals surface area contributed by atoms with Crippen molar-refractivity contribution in [3.63, 3.8) is 0 Å². The van der Waals surface area contributed by atoms with E-state index in [1.165, 1.54) is 58.2 Å². The molecule has 1 aliphatic carbocycles. The van der Waals surface area contributed by atoms with Crippen LogP contribution in [-0.2, 0) is 0 Å². The SMILES string of the molecule is CNC1CCC(CN2CCCC2)CC1. The molecule has 2 nitrogen and oxygen atoms in total. The van der Waals surface area contributed by atoms with Crippen molar-refractivity contribution in [2.75, 3.05) is 26.7 Å². The summed E-state index contributed by atoms with van der Waals surface area (Å²) in [5.41, 5.74) is 0. The van der Waals surface area contributed by atoms with Crippen LogP contribution in [0.1, 0.15) is 38.5 Å². The van der Waals surface area contributed by atoms with E-state index in [1.807, 2.05) is 0 Å². The van der Waals surface area contributed by atoms with Gasteiger partial charge in [0.2, 0.25) is 0 Å². The summed E-state index contributed by atoms with van der Waals surface area (Å²) in [6, 6.07) is 0.810. The maximum absolute atomic E-state index is 3.40. The Hall–Kier alpha value is -0.0800. The molecule has 0 bridgehead atoms. The average Bonchev–Trinajstić information content (AvgIpc) is 2.72. The first-order valence-electron chi connectivity index (χ1n) is 6.28. The van der Waals surface area contributed by atoms with Crippen LogP contribution < -0.4 is 5.32 Å². The van der Waals surface area contributed by atoms with Gasteiger partial charge in [0, 0.05) is 12.6 Å². The third-order valence-corrected chi connectivity index (χ3v) is 3.97. The summed E-state index contributed by atoms with van der Waals surface area (Å²) in [7, 11) is 2.10. The van der Waals surface area contributed by atoms with E-state index in [-0.39, 0.29) is 0 Å². The molecule has 1 N–H and O–H groups in total. The van der Waals surface area contributed by atoms with Crippen LogP contribution in [0.4, 0.5) is 0 Å². The molecule has 14 heavy (non-hydrogen) atoms. The van der Waals surface area contributed by atoms with Crippen LogP contribution in [0.5, 0.6) is 0 Å². The van der Waals surface area contributed by atoms with Crippen LogP contribution in [-0.4, -0.2) is 37.6 Å². The first-order valence-corrected chi connectivity index (χ1v) is 6.28. The molecule has 0 aromatic rings. The van der Waals surface area contributed by atoms with Crippen LogP contribution in [0.25, 0.3) is 0 Å². The van der Waals surface area contributed by atoms with Crippen molar-refractivity contribution in [1.82, 2.24) is 10.2 Å². The molecule has 1 saturated heterocycles. The number of nitrogens with zero attached hydrogens (tertiary/aromatic N) is 1. The monoisotopic (exact) mass is 196 g/mol. The van der Waals surface area contributed by atoms with Gasteiger partial charge in [-0.1, -0.05) is 0 Å². The summed E-state index contributed by atoms with van der Waals surface area (Å²) < 4.78 is 0. The normalized spacial score (nSPS) is 34.9. The molecule has 1 saturated carbocycles. The fraction of sp³-hybridized carbons (Fsp3) is 1.00. The Morgan fingerprint density at radius 2 is 1.71 bits per heavy atom. The third-order valence-electron chi connectivity index (χ3n) is 3.97. The van der Waals surface area contributed by atoms with Crippen molar-refractivity contribution < 1.29 is 0 Å². The highest BCUT2D eigenvalue weighted by molar-refractivity contribution is 4.79. The van der Waals surface area contributed by atoms with Crippen molar-refractivity contribution >= 4 is 0 Å². The minimum absolute atomic E-state index is 0.810. The molecule has 0 aromatic heterocycles. The molecule has 2 heteroatoms. The van der Waals surface area contributed by atoms with E-state index < -0.39 is 0 Å². The molecule has 0 atom stereocenters. The van der Waals surface area contributed by atoms with E-state index in [1.54, 1.807) is 0 Å². The Morgan fingerprint density at radius 3 is 2.29 bits per heavy atom. The lowest BCUT2D eigenvalue weighted by Gasteiger charge is -2.30. The largest absolute Gasteiger partial charge is 0.317 e. The summed E-state index contributed by atoms with van der Waals surface area (Å²) in [5, 5.41) is 3.40. The van der Waals surface area contributed by atoms with E-state index in [4.69, 9.17) is 0 Å². The topological polar surface area (TPSA) is 15.3 Å². The summed E-state index contributed by atoms with van der Waals surface area (Å²) in [4.78, 5) is 2.67. The lowest BCUT2D eigenvalue weighted by molar-refractivity contribution is 0.216. The van der Waals surface area contributed by atoms with Gasteiger partial charge in [-0.25, -0.2) is 0 Å². The van der Waals surface area contributed by atoms with Gasteiger partial charge in [0.15, 0.2) is 0 Å². The van der Waals surface area contributed by atoms with Gasteiger partial charge in [0.1, 0.15) is 0 Å². The Balaban J connectivity index is 1.67. The summed E-state index contributed by atoms with van der Waals surface area (Å²) in [6.45, 7) is 4.12. The maximum atomic E-state index is 3.40. The zero-order chi connectivity index (χ0) is 9.80. The Kier molecular flexibility index (Phi) is 3.82. The Labute approximate surface area is 88.1 Å². The van der Waals surface area contributed by atoms with E-state index in [0.29, 0.717) is 0 Å². The molecule has 2 rings (SSSR count). The molecule has 2 fully saturated rings. The summed E-state index contributed by atoms with van der Waals surface area (Å²) in [6.07, 6.45) is 8.56. The maximum Gasteiger partial charge on any atom is 0.00642 e. The molecule has 1 aliphatic heterocycles. The van der Waals surface area contributed by atoms with E-state index >= 15 is 0 Å². The molecule has 0 spiro atoms. The highest BCUT2D eigenvalue weighted by atomic mass is 15.1. The van der Waals surface area contributed by atoms with Gasteiger partial charge in [-0.15, -0.1) is 0 Å². The Bertz CT molecular complexity index is 156. The predicted molar refractivity (Wildman–Crippen MR) is 60.5 cm³/mol. The number of likely N-dealkylation sites (tertiary alicyclic amines) is 1. The first kappa shape index (κ1) is 10.4. The second-order valence-corrected chi connectivity index (χ2v) is 5.01. The van der Waals surface area contributed by atoms with Crippen LogP contribution in [0.3, 0.4) is 0 Å². The van der Waals surface area contributed by atoms with Crippen molar-refractivity contribution in [2.24, 2.45) is 5.92 Å². The van der Waals surface area contributed by atoms with Gasteiger partial charge < -0.3 is 10.2 Å². The van der Waals surface area contributed by atoms with Crippen molar-refractivity contribution in [2.45, 2.75) is 44.6 Å². The lowest BCUT2D eigenvalue weighted by Crippen LogP contribution is -2.34. The second-order valence-electron chi connectivity index (χ2n) is 5.01. The Morgan fingerprint density at radius 1 is 1.07 bits per heavy atom. The number of nitrogens with one attached hydrogen (secondary N) is 1. The molecule has 0 aromatic carbocycles. The standard InChI is InChI=1S/C12H24N2/c1-13-12-6-4-11(5-7-12)10-14-8-2-3-9-14/h11-13H,2-10H2,1H3. The molecule has 0 unspecified atom stereocenters. The van der Waals surface area contributed by atoms with Crippen LogP contribution in [0.15, 0.2) is 0 Å². The summed E-state index contributed by atoms with van der Waals surface area (Å²) >= 11 is 0. The van der Waals surface area contributed by atoms with Crippen molar-refractivity contribution in [3.05, 3.63) is 0 Å². The molecular weight excluding hydrogens is 172 g/mol. The predicted octanol–water partition coefficient (Wildman–Crippen LogP) is 1.86. The van der Waals surface area contributed by atoms with Gasteiger partial charge in [0.25, 0.3) is 0 Å². The van der Waals surface area contributed by atoms with Crippen LogP contribution >= 0.6 is 0 Å². The minimum atomic E-state index is 0.810. The van der Waals surface area contributed by atoms with E-state index in [2.05, 4.69) is 17.3 Å². The fourth-order valence-corrected chi connectivity index (χ4v) is 2.96. The molecule has 1 heterocycles. The zero-order valence-electron chi connectivity index (χ0n) is 9.47. The second kappa shape index (κ2) is 5.13. The number of rotatable bonds is 3. The van der Waals surface area contributed by atoms with Gasteiger partial charge in [-0.3, -0.25) is 0 Å². The fourth-order valence-electron chi connectivity index (χ4n) is 2.96. The summed E-state index contributed by atoms with van der Waals surface area (Å²) in [5.74, 6) is 0.998. The quantitative estimate of drug-likeness (QED) is 0.741. The highest BCUT2D eigenvalue weighted by Crippen LogP contribution is 2.25. The molecule has 0 amide bonds. The molecule has 0 radical (unpaired) electrons. The average molecular weight is 196 g/mol. The smallest absolute Gasteiger partial charge is 0.00642 e. The van der Waals surface area contributed by atoms with E-state index in [9.17, 15) is 0 Å². The lowest BCUT2D eigenvalue weighted by atomic mass is 9.86. The first-order chi connectivity index (χ1) is 6.88. The van der Waals surface area contributed by atoms with Crippen LogP contribution in [0, 0.1) is 5.92 Å². The number of hydrogen-bond acceptors (Lipinski definition) is 2. The van der Waals surface area contributed by atoms with Gasteiger partial charge >= 0.3 is 0 Å². The molecule has 2 aliphatic rings. The van der Waals surface area contributed by atoms with Crippen molar-refractivity contribution in [3.8, 4) is 0 Å². The minimum Gasteiger partial charge on any atom is -0.317 e. The van der Waals surface area contributed by atoms with Gasteiger partial charge in [-0.05, 0) is 64.6 Å². The molecular formula is C12H24N2. The highest BCUT2D eigenvalue weighted by Gasteiger charge is 2.22. The van der Waals surface area contributed by atoms with E-state index in [0.717, 1.165) is 12.0 Å². The number of hydrogen-bond donors (Lipinski definition) is 1. The van der Waals surface area contributed by atoms with Gasteiger partial charge in [0.05, 0.1) is 0 Å². The molecule has 82 valence electrons. The zero-order valence-corrected chi connectivity index (χ0v) is 9.47. The van der Waals surface area contributed by atoms with Crippen molar-refractivity contribution in [1.29, 1.82) is 0 Å².